The maximum Gasteiger partial charge on any atom is 0.166 e. The second kappa shape index (κ2) is 5.78. The van der Waals surface area contributed by atoms with Gasteiger partial charge in [-0.2, -0.15) is 0 Å². The van der Waals surface area contributed by atoms with E-state index in [0.717, 1.165) is 11.3 Å². The summed E-state index contributed by atoms with van der Waals surface area (Å²) in [6, 6.07) is 5.54. The first-order chi connectivity index (χ1) is 7.19. The van der Waals surface area contributed by atoms with Crippen LogP contribution in [-0.4, -0.2) is 19.3 Å². The van der Waals surface area contributed by atoms with Crippen molar-refractivity contribution >= 4 is 28.9 Å². The Morgan fingerprint density at radius 1 is 1.53 bits per heavy atom. The molecule has 15 heavy (non-hydrogen) atoms. The fourth-order valence-corrected chi connectivity index (χ4v) is 1.46. The van der Waals surface area contributed by atoms with Crippen LogP contribution < -0.4 is 15.4 Å². The molecule has 0 aromatic heterocycles. The van der Waals surface area contributed by atoms with Gasteiger partial charge >= 0.3 is 0 Å². The van der Waals surface area contributed by atoms with Gasteiger partial charge < -0.3 is 15.4 Å². The Hall–Kier alpha value is -1.00. The molecular formula is C10H13ClN2OS. The van der Waals surface area contributed by atoms with Crippen LogP contribution in [0.3, 0.4) is 0 Å². The van der Waals surface area contributed by atoms with E-state index in [1.165, 1.54) is 0 Å². The van der Waals surface area contributed by atoms with E-state index >= 15 is 0 Å². The van der Waals surface area contributed by atoms with Gasteiger partial charge in [0.15, 0.2) is 5.11 Å². The molecule has 82 valence electrons. The monoisotopic (exact) mass is 244 g/mol. The number of hydrogen-bond acceptors (Lipinski definition) is 2. The Kier molecular flexibility index (Phi) is 4.65. The van der Waals surface area contributed by atoms with Crippen LogP contribution in [0, 0.1) is 0 Å². The highest BCUT2D eigenvalue weighted by Crippen LogP contribution is 2.25. The number of rotatable bonds is 3. The van der Waals surface area contributed by atoms with Crippen molar-refractivity contribution in [2.75, 3.05) is 14.2 Å². The van der Waals surface area contributed by atoms with Crippen LogP contribution in [0.5, 0.6) is 5.75 Å². The second-order valence-corrected chi connectivity index (χ2v) is 3.67. The highest BCUT2D eigenvalue weighted by atomic mass is 35.5. The van der Waals surface area contributed by atoms with Crippen LogP contribution in [0.25, 0.3) is 0 Å². The largest absolute Gasteiger partial charge is 0.496 e. The van der Waals surface area contributed by atoms with Gasteiger partial charge in [0.25, 0.3) is 0 Å². The molecule has 0 amide bonds. The van der Waals surface area contributed by atoms with E-state index in [1.807, 2.05) is 18.2 Å². The molecule has 0 radical (unpaired) electrons. The first-order valence-electron chi connectivity index (χ1n) is 4.46. The van der Waals surface area contributed by atoms with Crippen molar-refractivity contribution in [3.63, 3.8) is 0 Å². The van der Waals surface area contributed by atoms with Crippen LogP contribution in [0.2, 0.25) is 5.02 Å². The van der Waals surface area contributed by atoms with Gasteiger partial charge in [0.2, 0.25) is 0 Å². The molecule has 0 aliphatic heterocycles. The minimum Gasteiger partial charge on any atom is -0.496 e. The summed E-state index contributed by atoms with van der Waals surface area (Å²) in [5.41, 5.74) is 0.902. The van der Waals surface area contributed by atoms with E-state index in [-0.39, 0.29) is 0 Å². The zero-order valence-electron chi connectivity index (χ0n) is 8.63. The molecule has 0 spiro atoms. The summed E-state index contributed by atoms with van der Waals surface area (Å²) >= 11 is 11.0. The van der Waals surface area contributed by atoms with Crippen LogP contribution in [0.1, 0.15) is 5.56 Å². The molecule has 1 rings (SSSR count). The third-order valence-electron chi connectivity index (χ3n) is 1.95. The third-order valence-corrected chi connectivity index (χ3v) is 2.65. The number of nitrogens with one attached hydrogen (secondary N) is 2. The van der Waals surface area contributed by atoms with Crippen molar-refractivity contribution in [2.24, 2.45) is 0 Å². The fourth-order valence-electron chi connectivity index (χ4n) is 1.16. The summed E-state index contributed by atoms with van der Waals surface area (Å²) in [4.78, 5) is 0. The van der Waals surface area contributed by atoms with Gasteiger partial charge in [-0.25, -0.2) is 0 Å². The highest BCUT2D eigenvalue weighted by Gasteiger charge is 2.07. The molecule has 0 saturated carbocycles. The lowest BCUT2D eigenvalue weighted by Gasteiger charge is -2.12. The van der Waals surface area contributed by atoms with Gasteiger partial charge in [0.05, 0.1) is 7.11 Å². The van der Waals surface area contributed by atoms with E-state index in [1.54, 1.807) is 14.2 Å². The van der Waals surface area contributed by atoms with Gasteiger partial charge in [0.1, 0.15) is 5.75 Å². The Morgan fingerprint density at radius 3 is 2.87 bits per heavy atom. The second-order valence-electron chi connectivity index (χ2n) is 2.85. The molecule has 0 unspecified atom stereocenters. The molecule has 1 aromatic rings. The molecule has 0 atom stereocenters. The molecule has 0 aliphatic rings. The van der Waals surface area contributed by atoms with Gasteiger partial charge in [0, 0.05) is 24.2 Å². The lowest BCUT2D eigenvalue weighted by molar-refractivity contribution is 0.409. The lowest BCUT2D eigenvalue weighted by Crippen LogP contribution is -2.32. The topological polar surface area (TPSA) is 33.3 Å². The number of benzene rings is 1. The van der Waals surface area contributed by atoms with E-state index in [0.29, 0.717) is 16.7 Å². The van der Waals surface area contributed by atoms with Crippen molar-refractivity contribution in [1.82, 2.24) is 10.6 Å². The Bertz CT molecular complexity index is 357. The molecule has 5 heteroatoms. The van der Waals surface area contributed by atoms with Crippen molar-refractivity contribution in [3.8, 4) is 5.75 Å². The average molecular weight is 245 g/mol. The number of ether oxygens (including phenoxy) is 1. The highest BCUT2D eigenvalue weighted by molar-refractivity contribution is 7.80. The van der Waals surface area contributed by atoms with E-state index < -0.39 is 0 Å². The quantitative estimate of drug-likeness (QED) is 0.797. The number of hydrogen-bond donors (Lipinski definition) is 2. The zero-order chi connectivity index (χ0) is 11.3. The zero-order valence-corrected chi connectivity index (χ0v) is 10.2. The molecule has 0 bridgehead atoms. The number of methoxy groups -OCH3 is 1. The van der Waals surface area contributed by atoms with E-state index in [4.69, 9.17) is 28.6 Å². The van der Waals surface area contributed by atoms with Crippen molar-refractivity contribution in [3.05, 3.63) is 28.8 Å². The summed E-state index contributed by atoms with van der Waals surface area (Å²) in [5.74, 6) is 0.758. The van der Waals surface area contributed by atoms with Crippen LogP contribution in [0.15, 0.2) is 18.2 Å². The Balaban J connectivity index is 2.78. The first-order valence-corrected chi connectivity index (χ1v) is 5.24. The van der Waals surface area contributed by atoms with Crippen LogP contribution in [0.4, 0.5) is 0 Å². The van der Waals surface area contributed by atoms with Gasteiger partial charge in [-0.3, -0.25) is 0 Å². The molecule has 0 heterocycles. The predicted molar refractivity (Wildman–Crippen MR) is 66.5 cm³/mol. The van der Waals surface area contributed by atoms with Crippen molar-refractivity contribution < 1.29 is 4.74 Å². The van der Waals surface area contributed by atoms with Crippen LogP contribution >= 0.6 is 23.8 Å². The maximum atomic E-state index is 6.05. The van der Waals surface area contributed by atoms with Gasteiger partial charge in [-0.1, -0.05) is 17.7 Å². The third kappa shape index (κ3) is 3.25. The summed E-state index contributed by atoms with van der Waals surface area (Å²) in [7, 11) is 3.38. The Morgan fingerprint density at radius 2 is 2.27 bits per heavy atom. The van der Waals surface area contributed by atoms with E-state index in [9.17, 15) is 0 Å². The molecule has 1 aromatic carbocycles. The predicted octanol–water partition coefficient (Wildman–Crippen LogP) is 1.94. The lowest BCUT2D eigenvalue weighted by atomic mass is 10.2. The summed E-state index contributed by atoms with van der Waals surface area (Å²) in [6.07, 6.45) is 0. The molecular weight excluding hydrogens is 232 g/mol. The number of halogens is 1. The summed E-state index contributed by atoms with van der Waals surface area (Å²) in [5, 5.41) is 7.10. The Labute approximate surface area is 99.8 Å². The standard InChI is InChI=1S/C10H13ClN2OS/c1-12-10(15)13-6-7-8(11)4-3-5-9(7)14-2/h3-5H,6H2,1-2H3,(H2,12,13,15). The molecule has 0 fully saturated rings. The summed E-state index contributed by atoms with van der Waals surface area (Å²) < 4.78 is 5.20. The fraction of sp³-hybridized carbons (Fsp3) is 0.300. The van der Waals surface area contributed by atoms with E-state index in [2.05, 4.69) is 10.6 Å². The number of thiocarbonyl (C=S) groups is 1. The normalized spacial score (nSPS) is 9.53. The minimum absolute atomic E-state index is 0.544. The minimum atomic E-state index is 0.544. The van der Waals surface area contributed by atoms with Crippen molar-refractivity contribution in [1.29, 1.82) is 0 Å². The SMILES string of the molecule is CNC(=S)NCc1c(Cl)cccc1OC. The maximum absolute atomic E-state index is 6.05. The molecule has 0 saturated heterocycles. The van der Waals surface area contributed by atoms with Crippen LogP contribution in [-0.2, 0) is 6.54 Å². The van der Waals surface area contributed by atoms with Crippen molar-refractivity contribution in [2.45, 2.75) is 6.54 Å². The van der Waals surface area contributed by atoms with Gasteiger partial charge in [-0.15, -0.1) is 0 Å². The smallest absolute Gasteiger partial charge is 0.166 e. The van der Waals surface area contributed by atoms with Gasteiger partial charge in [-0.05, 0) is 24.4 Å². The first kappa shape index (κ1) is 12.1. The molecule has 3 nitrogen and oxygen atoms in total. The molecule has 0 aliphatic carbocycles. The average Bonchev–Trinajstić information content (AvgIpc) is 2.26. The molecule has 2 N–H and O–H groups in total. The summed E-state index contributed by atoms with van der Waals surface area (Å²) in [6.45, 7) is 0.544.